The number of para-hydroxylation sites is 4. The highest BCUT2D eigenvalue weighted by atomic mass is 16.3. The number of aromatic nitrogens is 4. The van der Waals surface area contributed by atoms with Crippen molar-refractivity contribution in [1.29, 1.82) is 0 Å². The van der Waals surface area contributed by atoms with Crippen LogP contribution >= 0.6 is 0 Å². The number of furan rings is 1. The van der Waals surface area contributed by atoms with Crippen molar-refractivity contribution in [3.8, 4) is 11.4 Å². The second-order valence-corrected chi connectivity index (χ2v) is 11.8. The van der Waals surface area contributed by atoms with Gasteiger partial charge in [-0.05, 0) is 78.9 Å². The van der Waals surface area contributed by atoms with E-state index in [1.807, 2.05) is 12.1 Å². The molecule has 0 fully saturated rings. The third kappa shape index (κ3) is 4.72. The van der Waals surface area contributed by atoms with Crippen molar-refractivity contribution in [2.45, 2.75) is 25.7 Å². The number of fused-ring (bicyclic) bond motifs is 3. The minimum atomic E-state index is 0.262. The van der Waals surface area contributed by atoms with Crippen LogP contribution in [0.3, 0.4) is 0 Å². The Morgan fingerprint density at radius 1 is 0.822 bits per heavy atom. The first-order valence-electron chi connectivity index (χ1n) is 15.6. The third-order valence-electron chi connectivity index (χ3n) is 9.15. The molecule has 4 aromatic carbocycles. The largest absolute Gasteiger partial charge is 0.456 e. The van der Waals surface area contributed by atoms with E-state index in [2.05, 4.69) is 139 Å². The van der Waals surface area contributed by atoms with Gasteiger partial charge in [0, 0.05) is 36.2 Å². The highest BCUT2D eigenvalue weighted by molar-refractivity contribution is 5.86. The minimum absolute atomic E-state index is 0.262. The van der Waals surface area contributed by atoms with Crippen molar-refractivity contribution in [2.24, 2.45) is 14.1 Å². The molecule has 0 spiro atoms. The fourth-order valence-electron chi connectivity index (χ4n) is 6.69. The minimum Gasteiger partial charge on any atom is -0.456 e. The fourth-order valence-corrected chi connectivity index (χ4v) is 6.69. The predicted octanol–water partition coefficient (Wildman–Crippen LogP) is 7.82. The van der Waals surface area contributed by atoms with E-state index in [0.717, 1.165) is 68.2 Å². The second-order valence-electron chi connectivity index (χ2n) is 11.8. The molecular weight excluding hydrogens is 552 g/mol. The zero-order chi connectivity index (χ0) is 30.5. The number of rotatable bonds is 5. The summed E-state index contributed by atoms with van der Waals surface area (Å²) in [4.78, 5) is 9.77. The molecule has 8 rings (SSSR count). The summed E-state index contributed by atoms with van der Waals surface area (Å²) in [6.07, 6.45) is 12.9. The normalized spacial score (nSPS) is 16.0. The van der Waals surface area contributed by atoms with Gasteiger partial charge < -0.3 is 13.6 Å². The Labute approximate surface area is 261 Å². The van der Waals surface area contributed by atoms with Crippen LogP contribution in [0.2, 0.25) is 0 Å². The summed E-state index contributed by atoms with van der Waals surface area (Å²) >= 11 is 0. The van der Waals surface area contributed by atoms with Crippen molar-refractivity contribution >= 4 is 50.8 Å². The van der Waals surface area contributed by atoms with Crippen LogP contribution in [0, 0.1) is 0 Å². The number of imidazole rings is 2. The lowest BCUT2D eigenvalue weighted by Crippen LogP contribution is -2.19. The highest BCUT2D eigenvalue weighted by Gasteiger charge is 2.19. The number of allylic oxidation sites excluding steroid dienone is 4. The van der Waals surface area contributed by atoms with E-state index in [1.165, 1.54) is 22.2 Å². The number of aryl methyl sites for hydroxylation is 2. The molecule has 0 radical (unpaired) electrons. The van der Waals surface area contributed by atoms with Gasteiger partial charge in [-0.1, -0.05) is 78.9 Å². The summed E-state index contributed by atoms with van der Waals surface area (Å²) in [6.45, 7) is 2.08. The van der Waals surface area contributed by atoms with Crippen LogP contribution < -0.4 is 10.6 Å². The molecular formula is C40H34N4O. The Kier molecular flexibility index (Phi) is 6.60. The average Bonchev–Trinajstić information content (AvgIpc) is 3.74. The number of benzene rings is 4. The number of hydrogen-bond donors (Lipinski definition) is 0. The van der Waals surface area contributed by atoms with E-state index in [1.54, 1.807) is 0 Å². The fraction of sp³-hybridized carbons (Fsp3) is 0.150. The summed E-state index contributed by atoms with van der Waals surface area (Å²) in [5, 5.41) is 2.28. The van der Waals surface area contributed by atoms with Crippen molar-refractivity contribution in [3.05, 3.63) is 137 Å². The van der Waals surface area contributed by atoms with E-state index < -0.39 is 0 Å². The van der Waals surface area contributed by atoms with Crippen LogP contribution in [-0.2, 0) is 20.5 Å². The number of nitrogens with zero attached hydrogens (tertiary/aromatic N) is 4. The molecule has 45 heavy (non-hydrogen) atoms. The summed E-state index contributed by atoms with van der Waals surface area (Å²) in [7, 11) is 4.18. The molecule has 5 heteroatoms. The SMILES string of the molecule is C/C=c1\c(=C/Cc2ccc(-c3nc4ccccc4n3C)cc2)oc2cc(C3=CCC(c4nc5ccccc5n4C)C=C3)ccc12. The molecule has 1 atom stereocenters. The quantitative estimate of drug-likeness (QED) is 0.207. The van der Waals surface area contributed by atoms with Gasteiger partial charge in [-0.25, -0.2) is 9.97 Å². The van der Waals surface area contributed by atoms with Gasteiger partial charge in [0.2, 0.25) is 0 Å². The molecule has 1 unspecified atom stereocenters. The Morgan fingerprint density at radius 2 is 1.53 bits per heavy atom. The molecule has 0 aliphatic heterocycles. The Hall–Kier alpha value is -5.42. The molecule has 3 aromatic heterocycles. The third-order valence-corrected chi connectivity index (χ3v) is 9.15. The molecule has 7 aromatic rings. The maximum absolute atomic E-state index is 6.46. The first-order chi connectivity index (χ1) is 22.1. The molecule has 220 valence electrons. The second kappa shape index (κ2) is 10.9. The lowest BCUT2D eigenvalue weighted by atomic mass is 9.92. The average molecular weight is 587 g/mol. The lowest BCUT2D eigenvalue weighted by Gasteiger charge is -2.16. The zero-order valence-corrected chi connectivity index (χ0v) is 25.7. The van der Waals surface area contributed by atoms with Crippen LogP contribution in [0.5, 0.6) is 0 Å². The van der Waals surface area contributed by atoms with Gasteiger partial charge in [0.25, 0.3) is 0 Å². The summed E-state index contributed by atoms with van der Waals surface area (Å²) in [5.74, 6) is 2.34. The summed E-state index contributed by atoms with van der Waals surface area (Å²) in [5.41, 5.74) is 10.9. The molecule has 0 amide bonds. The van der Waals surface area contributed by atoms with Crippen molar-refractivity contribution in [2.75, 3.05) is 0 Å². The first kappa shape index (κ1) is 27.2. The Bertz CT molecular complexity index is 2410. The van der Waals surface area contributed by atoms with Crippen LogP contribution in [-0.4, -0.2) is 19.1 Å². The highest BCUT2D eigenvalue weighted by Crippen LogP contribution is 2.32. The standard InChI is InChI=1S/C40H34N4O/c1-4-31-32-23-22-30(27-18-20-29(21-19-27)40-42-34-10-6-8-12-36(34)44(40)3)25-38(32)45-37(31)24-15-26-13-16-28(17-14-26)39-41-33-9-5-7-11-35(33)43(39)2/h4-14,16-20,22-25,29H,15,21H2,1-3H3/b31-4-,37-24+. The molecule has 1 aliphatic rings. The lowest BCUT2D eigenvalue weighted by molar-refractivity contribution is 0.574. The maximum atomic E-state index is 6.46. The van der Waals surface area contributed by atoms with Crippen molar-refractivity contribution in [3.63, 3.8) is 0 Å². The summed E-state index contributed by atoms with van der Waals surface area (Å²) in [6, 6.07) is 31.9. The van der Waals surface area contributed by atoms with Crippen LogP contribution in [0.25, 0.3) is 62.1 Å². The van der Waals surface area contributed by atoms with E-state index in [-0.39, 0.29) is 5.92 Å². The Morgan fingerprint density at radius 3 is 2.22 bits per heavy atom. The summed E-state index contributed by atoms with van der Waals surface area (Å²) < 4.78 is 10.8. The van der Waals surface area contributed by atoms with Gasteiger partial charge in [-0.3, -0.25) is 0 Å². The number of hydrogen-bond acceptors (Lipinski definition) is 3. The first-order valence-corrected chi connectivity index (χ1v) is 15.6. The topological polar surface area (TPSA) is 48.8 Å². The molecule has 0 bridgehead atoms. The van der Waals surface area contributed by atoms with Crippen LogP contribution in [0.4, 0.5) is 0 Å². The van der Waals surface area contributed by atoms with Gasteiger partial charge in [0.05, 0.1) is 22.1 Å². The van der Waals surface area contributed by atoms with Gasteiger partial charge in [0.15, 0.2) is 0 Å². The molecule has 0 saturated heterocycles. The van der Waals surface area contributed by atoms with Gasteiger partial charge in [-0.15, -0.1) is 0 Å². The van der Waals surface area contributed by atoms with Gasteiger partial charge in [0.1, 0.15) is 22.6 Å². The molecule has 3 heterocycles. The van der Waals surface area contributed by atoms with Gasteiger partial charge in [-0.2, -0.15) is 0 Å². The van der Waals surface area contributed by atoms with Crippen molar-refractivity contribution < 1.29 is 4.42 Å². The zero-order valence-electron chi connectivity index (χ0n) is 25.7. The van der Waals surface area contributed by atoms with Gasteiger partial charge >= 0.3 is 0 Å². The smallest absolute Gasteiger partial charge is 0.140 e. The van der Waals surface area contributed by atoms with E-state index in [4.69, 9.17) is 14.4 Å². The molecule has 0 N–H and O–H groups in total. The monoisotopic (exact) mass is 586 g/mol. The molecule has 0 saturated carbocycles. The predicted molar refractivity (Wildman–Crippen MR) is 185 cm³/mol. The maximum Gasteiger partial charge on any atom is 0.140 e. The van der Waals surface area contributed by atoms with Crippen molar-refractivity contribution in [1.82, 2.24) is 19.1 Å². The molecule has 1 aliphatic carbocycles. The molecule has 5 nitrogen and oxygen atoms in total. The van der Waals surface area contributed by atoms with E-state index in [0.29, 0.717) is 0 Å². The van der Waals surface area contributed by atoms with Crippen LogP contribution in [0.15, 0.2) is 114 Å². The van der Waals surface area contributed by atoms with E-state index in [9.17, 15) is 0 Å². The van der Waals surface area contributed by atoms with E-state index >= 15 is 0 Å². The Balaban J connectivity index is 1.03. The van der Waals surface area contributed by atoms with Crippen LogP contribution in [0.1, 0.15) is 36.2 Å².